The fourth-order valence-corrected chi connectivity index (χ4v) is 2.24. The van der Waals surface area contributed by atoms with Crippen LogP contribution in [0.4, 0.5) is 0 Å². The van der Waals surface area contributed by atoms with Crippen molar-refractivity contribution in [3.63, 3.8) is 0 Å². The summed E-state index contributed by atoms with van der Waals surface area (Å²) in [6.07, 6.45) is 1.92. The Labute approximate surface area is 123 Å². The van der Waals surface area contributed by atoms with Crippen molar-refractivity contribution in [2.45, 2.75) is 25.8 Å². The van der Waals surface area contributed by atoms with Gasteiger partial charge in [-0.05, 0) is 60.8 Å². The molecule has 1 N–H and O–H groups in total. The lowest BCUT2D eigenvalue weighted by atomic mass is 10.0. The molecule has 4 heteroatoms. The van der Waals surface area contributed by atoms with Crippen molar-refractivity contribution in [3.8, 4) is 0 Å². The third-order valence-electron chi connectivity index (χ3n) is 2.93. The molecule has 0 saturated heterocycles. The second-order valence-electron chi connectivity index (χ2n) is 4.48. The topological polar surface area (TPSA) is 25.2 Å². The van der Waals surface area contributed by atoms with Crippen LogP contribution in [0.2, 0.25) is 10.2 Å². The van der Waals surface area contributed by atoms with Gasteiger partial charge in [0.25, 0.3) is 0 Å². The Morgan fingerprint density at radius 2 is 1.84 bits per heavy atom. The fraction of sp³-hybridized carbons (Fsp3) is 0.333. The highest BCUT2D eigenvalue weighted by Crippen LogP contribution is 2.24. The number of halogens is 2. The lowest BCUT2D eigenvalue weighted by molar-refractivity contribution is 0.411. The molecule has 0 aliphatic heterocycles. The highest BCUT2D eigenvalue weighted by Gasteiger charge is 2.15. The van der Waals surface area contributed by atoms with Gasteiger partial charge in [-0.1, -0.05) is 30.7 Å². The molecular formula is C15H17Cl2NO. The summed E-state index contributed by atoms with van der Waals surface area (Å²) in [6, 6.07) is 11.7. The van der Waals surface area contributed by atoms with Gasteiger partial charge < -0.3 is 9.73 Å². The maximum atomic E-state index is 5.90. The predicted octanol–water partition coefficient (Wildman–Crippen LogP) is 4.87. The van der Waals surface area contributed by atoms with Gasteiger partial charge in [0.15, 0.2) is 5.22 Å². The number of nitrogens with one attached hydrogen (secondary N) is 1. The van der Waals surface area contributed by atoms with Crippen LogP contribution in [-0.4, -0.2) is 6.54 Å². The minimum Gasteiger partial charge on any atom is -0.448 e. The average molecular weight is 298 g/mol. The van der Waals surface area contributed by atoms with E-state index in [1.54, 1.807) is 6.07 Å². The van der Waals surface area contributed by atoms with Crippen LogP contribution >= 0.6 is 23.2 Å². The van der Waals surface area contributed by atoms with E-state index in [-0.39, 0.29) is 6.04 Å². The van der Waals surface area contributed by atoms with Gasteiger partial charge in [-0.25, -0.2) is 0 Å². The second-order valence-corrected chi connectivity index (χ2v) is 5.29. The molecule has 0 spiro atoms. The van der Waals surface area contributed by atoms with Gasteiger partial charge in [0, 0.05) is 5.02 Å². The highest BCUT2D eigenvalue weighted by atomic mass is 35.5. The SMILES string of the molecule is CCCNC(Cc1ccc(Cl)cc1)c1ccc(Cl)o1. The summed E-state index contributed by atoms with van der Waals surface area (Å²) in [6.45, 7) is 3.08. The Balaban J connectivity index is 2.11. The summed E-state index contributed by atoms with van der Waals surface area (Å²) < 4.78 is 5.52. The first-order valence-corrected chi connectivity index (χ1v) is 7.17. The van der Waals surface area contributed by atoms with Gasteiger partial charge in [-0.15, -0.1) is 0 Å². The summed E-state index contributed by atoms with van der Waals surface area (Å²) in [5.41, 5.74) is 1.21. The van der Waals surface area contributed by atoms with Gasteiger partial charge in [0.05, 0.1) is 6.04 Å². The third kappa shape index (κ3) is 4.27. The Hall–Kier alpha value is -0.960. The average Bonchev–Trinajstić information content (AvgIpc) is 2.83. The van der Waals surface area contributed by atoms with Crippen molar-refractivity contribution in [2.24, 2.45) is 0 Å². The summed E-state index contributed by atoms with van der Waals surface area (Å²) in [4.78, 5) is 0. The molecule has 2 rings (SSSR count). The summed E-state index contributed by atoms with van der Waals surface area (Å²) >= 11 is 11.8. The van der Waals surface area contributed by atoms with Crippen molar-refractivity contribution in [1.29, 1.82) is 0 Å². The molecule has 1 unspecified atom stereocenters. The highest BCUT2D eigenvalue weighted by molar-refractivity contribution is 6.30. The number of hydrogen-bond acceptors (Lipinski definition) is 2. The van der Waals surface area contributed by atoms with Crippen LogP contribution in [-0.2, 0) is 6.42 Å². The molecule has 102 valence electrons. The number of benzene rings is 1. The Kier molecular flexibility index (Phi) is 5.32. The Morgan fingerprint density at radius 3 is 2.42 bits per heavy atom. The lowest BCUT2D eigenvalue weighted by Gasteiger charge is -2.16. The molecule has 0 fully saturated rings. The summed E-state index contributed by atoms with van der Waals surface area (Å²) in [5.74, 6) is 0.869. The monoisotopic (exact) mass is 297 g/mol. The zero-order chi connectivity index (χ0) is 13.7. The van der Waals surface area contributed by atoms with Gasteiger partial charge in [0.2, 0.25) is 0 Å². The van der Waals surface area contributed by atoms with Crippen molar-refractivity contribution in [2.75, 3.05) is 6.54 Å². The quantitative estimate of drug-likeness (QED) is 0.823. The molecular weight excluding hydrogens is 281 g/mol. The zero-order valence-corrected chi connectivity index (χ0v) is 12.3. The molecule has 1 atom stereocenters. The van der Waals surface area contributed by atoms with Crippen molar-refractivity contribution < 1.29 is 4.42 Å². The lowest BCUT2D eigenvalue weighted by Crippen LogP contribution is -2.23. The van der Waals surface area contributed by atoms with Gasteiger partial charge in [-0.3, -0.25) is 0 Å². The van der Waals surface area contributed by atoms with E-state index >= 15 is 0 Å². The number of hydrogen-bond donors (Lipinski definition) is 1. The van der Waals surface area contributed by atoms with Crippen LogP contribution in [0, 0.1) is 0 Å². The standard InChI is InChI=1S/C15H17Cl2NO/c1-2-9-18-13(14-7-8-15(17)19-14)10-11-3-5-12(16)6-4-11/h3-8,13,18H,2,9-10H2,1H3. The molecule has 19 heavy (non-hydrogen) atoms. The fourth-order valence-electron chi connectivity index (χ4n) is 1.96. The van der Waals surface area contributed by atoms with Crippen LogP contribution in [0.25, 0.3) is 0 Å². The van der Waals surface area contributed by atoms with Crippen LogP contribution < -0.4 is 5.32 Å². The van der Waals surface area contributed by atoms with E-state index in [2.05, 4.69) is 12.2 Å². The van der Waals surface area contributed by atoms with Crippen LogP contribution in [0.3, 0.4) is 0 Å². The van der Waals surface area contributed by atoms with Gasteiger partial charge >= 0.3 is 0 Å². The van der Waals surface area contributed by atoms with Crippen LogP contribution in [0.15, 0.2) is 40.8 Å². The minimum absolute atomic E-state index is 0.133. The Morgan fingerprint density at radius 1 is 1.11 bits per heavy atom. The third-order valence-corrected chi connectivity index (χ3v) is 3.39. The number of furan rings is 1. The molecule has 0 amide bonds. The summed E-state index contributed by atoms with van der Waals surface area (Å²) in [7, 11) is 0. The molecule has 0 saturated carbocycles. The van der Waals surface area contributed by atoms with Crippen LogP contribution in [0.1, 0.15) is 30.7 Å². The van der Waals surface area contributed by atoms with Gasteiger partial charge in [0.1, 0.15) is 5.76 Å². The molecule has 2 nitrogen and oxygen atoms in total. The Bertz CT molecular complexity index is 507. The van der Waals surface area contributed by atoms with Gasteiger partial charge in [-0.2, -0.15) is 0 Å². The second kappa shape index (κ2) is 6.99. The van der Waals surface area contributed by atoms with Crippen molar-refractivity contribution in [3.05, 3.63) is 58.0 Å². The number of rotatable bonds is 6. The van der Waals surface area contributed by atoms with E-state index in [1.165, 1.54) is 5.56 Å². The predicted molar refractivity (Wildman–Crippen MR) is 79.9 cm³/mol. The van der Waals surface area contributed by atoms with Crippen LogP contribution in [0.5, 0.6) is 0 Å². The van der Waals surface area contributed by atoms with E-state index in [9.17, 15) is 0 Å². The molecule has 2 aromatic rings. The maximum Gasteiger partial charge on any atom is 0.193 e. The van der Waals surface area contributed by atoms with Crippen molar-refractivity contribution in [1.82, 2.24) is 5.32 Å². The van der Waals surface area contributed by atoms with E-state index < -0.39 is 0 Å². The molecule has 1 aromatic carbocycles. The van der Waals surface area contributed by atoms with E-state index in [1.807, 2.05) is 30.3 Å². The normalized spacial score (nSPS) is 12.6. The molecule has 1 heterocycles. The molecule has 0 radical (unpaired) electrons. The van der Waals surface area contributed by atoms with E-state index in [0.717, 1.165) is 30.2 Å². The molecule has 0 aliphatic carbocycles. The molecule has 0 aliphatic rings. The van der Waals surface area contributed by atoms with Crippen molar-refractivity contribution >= 4 is 23.2 Å². The molecule has 1 aromatic heterocycles. The first-order valence-electron chi connectivity index (χ1n) is 6.42. The summed E-state index contributed by atoms with van der Waals surface area (Å²) in [5, 5.41) is 4.65. The van der Waals surface area contributed by atoms with E-state index in [0.29, 0.717) is 5.22 Å². The largest absolute Gasteiger partial charge is 0.448 e. The minimum atomic E-state index is 0.133. The smallest absolute Gasteiger partial charge is 0.193 e. The maximum absolute atomic E-state index is 5.90. The van der Waals surface area contributed by atoms with E-state index in [4.69, 9.17) is 27.6 Å². The molecule has 0 bridgehead atoms. The first kappa shape index (κ1) is 14.4. The zero-order valence-electron chi connectivity index (χ0n) is 10.8. The first-order chi connectivity index (χ1) is 9.19.